The summed E-state index contributed by atoms with van der Waals surface area (Å²) < 4.78 is 22.4. The Balaban J connectivity index is 3.21. The SMILES string of the molecule is CS(=O)(=O)n1[c]c(Cl)cc1. The van der Waals surface area contributed by atoms with E-state index in [0.29, 0.717) is 5.02 Å². The molecule has 0 aliphatic carbocycles. The molecule has 3 nitrogen and oxygen atoms in total. The summed E-state index contributed by atoms with van der Waals surface area (Å²) in [4.78, 5) is 0. The molecule has 0 N–H and O–H groups in total. The summed E-state index contributed by atoms with van der Waals surface area (Å²) in [6, 6.07) is 1.46. The number of aromatic nitrogens is 1. The zero-order valence-corrected chi connectivity index (χ0v) is 6.78. The van der Waals surface area contributed by atoms with Crippen LogP contribution in [0.5, 0.6) is 0 Å². The standard InChI is InChI=1S/C5H5ClNO2S/c1-10(8,9)7-3-2-5(6)4-7/h2-3H,1H3. The topological polar surface area (TPSA) is 39.1 Å². The van der Waals surface area contributed by atoms with Crippen LogP contribution >= 0.6 is 11.6 Å². The van der Waals surface area contributed by atoms with Gasteiger partial charge >= 0.3 is 0 Å². The summed E-state index contributed by atoms with van der Waals surface area (Å²) >= 11 is 5.43. The third-order valence-electron chi connectivity index (χ3n) is 0.931. The van der Waals surface area contributed by atoms with Gasteiger partial charge in [0.15, 0.2) is 0 Å². The highest BCUT2D eigenvalue weighted by Crippen LogP contribution is 2.07. The molecule has 0 spiro atoms. The lowest BCUT2D eigenvalue weighted by molar-refractivity contribution is 0.593. The molecule has 0 saturated heterocycles. The summed E-state index contributed by atoms with van der Waals surface area (Å²) in [7, 11) is -3.21. The quantitative estimate of drug-likeness (QED) is 0.637. The Morgan fingerprint density at radius 2 is 2.30 bits per heavy atom. The van der Waals surface area contributed by atoms with E-state index in [-0.39, 0.29) is 0 Å². The number of rotatable bonds is 1. The lowest BCUT2D eigenvalue weighted by Crippen LogP contribution is -2.06. The van der Waals surface area contributed by atoms with Gasteiger partial charge in [0.1, 0.15) is 6.20 Å². The molecule has 0 atom stereocenters. The van der Waals surface area contributed by atoms with Crippen molar-refractivity contribution in [1.29, 1.82) is 0 Å². The van der Waals surface area contributed by atoms with Gasteiger partial charge in [-0.3, -0.25) is 0 Å². The van der Waals surface area contributed by atoms with E-state index < -0.39 is 10.0 Å². The summed E-state index contributed by atoms with van der Waals surface area (Å²) in [6.07, 6.45) is 4.84. The van der Waals surface area contributed by atoms with Crippen molar-refractivity contribution >= 4 is 21.6 Å². The van der Waals surface area contributed by atoms with Crippen LogP contribution < -0.4 is 0 Å². The minimum absolute atomic E-state index is 0.297. The fraction of sp³-hybridized carbons (Fsp3) is 0.200. The van der Waals surface area contributed by atoms with Gasteiger partial charge in [-0.2, -0.15) is 0 Å². The third-order valence-corrected chi connectivity index (χ3v) is 2.07. The molecule has 0 unspecified atom stereocenters. The zero-order chi connectivity index (χ0) is 7.78. The fourth-order valence-electron chi connectivity index (χ4n) is 0.506. The van der Waals surface area contributed by atoms with Crippen LogP contribution in [-0.4, -0.2) is 18.6 Å². The van der Waals surface area contributed by atoms with E-state index in [1.165, 1.54) is 12.3 Å². The van der Waals surface area contributed by atoms with Crippen LogP contribution in [0.2, 0.25) is 5.02 Å². The minimum Gasteiger partial charge on any atom is -0.242 e. The number of hydrogen-bond donors (Lipinski definition) is 0. The van der Waals surface area contributed by atoms with Gasteiger partial charge < -0.3 is 0 Å². The molecule has 0 amide bonds. The highest BCUT2D eigenvalue weighted by molar-refractivity contribution is 7.89. The molecule has 1 rings (SSSR count). The van der Waals surface area contributed by atoms with Crippen LogP contribution in [0.15, 0.2) is 12.3 Å². The zero-order valence-electron chi connectivity index (χ0n) is 5.20. The van der Waals surface area contributed by atoms with Crippen LogP contribution in [0, 0.1) is 6.20 Å². The van der Waals surface area contributed by atoms with E-state index in [1.54, 1.807) is 0 Å². The van der Waals surface area contributed by atoms with E-state index in [2.05, 4.69) is 6.20 Å². The van der Waals surface area contributed by atoms with Crippen molar-refractivity contribution in [3.8, 4) is 0 Å². The first-order valence-electron chi connectivity index (χ1n) is 2.47. The van der Waals surface area contributed by atoms with E-state index in [1.807, 2.05) is 0 Å². The summed E-state index contributed by atoms with van der Waals surface area (Å²) in [5.41, 5.74) is 0. The Bertz CT molecular complexity index is 327. The average Bonchev–Trinajstić information content (AvgIpc) is 2.11. The molecule has 5 heteroatoms. The Morgan fingerprint density at radius 1 is 1.70 bits per heavy atom. The van der Waals surface area contributed by atoms with Crippen LogP contribution in [0.3, 0.4) is 0 Å². The lowest BCUT2D eigenvalue weighted by Gasteiger charge is -1.93. The summed E-state index contributed by atoms with van der Waals surface area (Å²) in [5.74, 6) is 0. The molecule has 1 aromatic rings. The first-order chi connectivity index (χ1) is 4.50. The van der Waals surface area contributed by atoms with Crippen molar-refractivity contribution in [1.82, 2.24) is 3.97 Å². The van der Waals surface area contributed by atoms with Crippen molar-refractivity contribution < 1.29 is 8.42 Å². The highest BCUT2D eigenvalue weighted by Gasteiger charge is 2.03. The van der Waals surface area contributed by atoms with Gasteiger partial charge in [-0.15, -0.1) is 0 Å². The van der Waals surface area contributed by atoms with Gasteiger partial charge in [-0.1, -0.05) is 11.6 Å². The van der Waals surface area contributed by atoms with Crippen molar-refractivity contribution in [2.24, 2.45) is 0 Å². The maximum Gasteiger partial charge on any atom is 0.236 e. The maximum atomic E-state index is 10.7. The Morgan fingerprint density at radius 3 is 2.50 bits per heavy atom. The van der Waals surface area contributed by atoms with Gasteiger partial charge in [0.2, 0.25) is 10.0 Å². The largest absolute Gasteiger partial charge is 0.242 e. The highest BCUT2D eigenvalue weighted by atomic mass is 35.5. The van der Waals surface area contributed by atoms with Crippen LogP contribution in [-0.2, 0) is 10.0 Å². The monoisotopic (exact) mass is 178 g/mol. The Hall–Kier alpha value is -0.480. The molecule has 10 heavy (non-hydrogen) atoms. The molecule has 1 radical (unpaired) electrons. The molecular formula is C5H5ClNO2S. The first kappa shape index (κ1) is 7.63. The summed E-state index contributed by atoms with van der Waals surface area (Å²) in [6.45, 7) is 0. The van der Waals surface area contributed by atoms with Crippen LogP contribution in [0.25, 0.3) is 0 Å². The van der Waals surface area contributed by atoms with E-state index in [0.717, 1.165) is 10.2 Å². The Labute approximate surface area is 64.3 Å². The second-order valence-corrected chi connectivity index (χ2v) is 4.10. The predicted octanol–water partition coefficient (Wildman–Crippen LogP) is 0.749. The van der Waals surface area contributed by atoms with Crippen LogP contribution in [0.1, 0.15) is 0 Å². The van der Waals surface area contributed by atoms with E-state index >= 15 is 0 Å². The predicted molar refractivity (Wildman–Crippen MR) is 38.5 cm³/mol. The Kier molecular flexibility index (Phi) is 1.74. The lowest BCUT2D eigenvalue weighted by atomic mass is 10.7. The minimum atomic E-state index is -3.21. The van der Waals surface area contributed by atoms with Gasteiger partial charge in [-0.05, 0) is 6.07 Å². The molecule has 0 fully saturated rings. The van der Waals surface area contributed by atoms with Gasteiger partial charge in [0.25, 0.3) is 0 Å². The van der Waals surface area contributed by atoms with E-state index in [4.69, 9.17) is 11.6 Å². The smallest absolute Gasteiger partial charge is 0.236 e. The second-order valence-electron chi connectivity index (χ2n) is 1.83. The van der Waals surface area contributed by atoms with Gasteiger partial charge in [0, 0.05) is 6.20 Å². The van der Waals surface area contributed by atoms with Crippen molar-refractivity contribution in [2.75, 3.05) is 6.26 Å². The molecule has 0 aliphatic heterocycles. The third kappa shape index (κ3) is 1.52. The average molecular weight is 179 g/mol. The molecular weight excluding hydrogens is 174 g/mol. The number of nitrogens with zero attached hydrogens (tertiary/aromatic N) is 1. The van der Waals surface area contributed by atoms with Gasteiger partial charge in [0.05, 0.1) is 11.3 Å². The molecule has 0 aliphatic rings. The first-order valence-corrected chi connectivity index (χ1v) is 4.69. The molecule has 0 aromatic carbocycles. The van der Waals surface area contributed by atoms with Crippen molar-refractivity contribution in [3.05, 3.63) is 23.5 Å². The number of hydrogen-bond acceptors (Lipinski definition) is 2. The van der Waals surface area contributed by atoms with Crippen molar-refractivity contribution in [2.45, 2.75) is 0 Å². The van der Waals surface area contributed by atoms with Crippen LogP contribution in [0.4, 0.5) is 0 Å². The van der Waals surface area contributed by atoms with Gasteiger partial charge in [-0.25, -0.2) is 12.4 Å². The molecule has 55 valence electrons. The summed E-state index contributed by atoms with van der Waals surface area (Å²) in [5, 5.41) is 0.297. The van der Waals surface area contributed by atoms with E-state index in [9.17, 15) is 8.42 Å². The molecule has 0 saturated carbocycles. The molecule has 1 heterocycles. The fourth-order valence-corrected chi connectivity index (χ4v) is 1.25. The van der Waals surface area contributed by atoms with Crippen molar-refractivity contribution in [3.63, 3.8) is 0 Å². The molecule has 1 aromatic heterocycles. The number of halogens is 1. The maximum absolute atomic E-state index is 10.7. The second kappa shape index (κ2) is 2.29. The molecule has 0 bridgehead atoms. The normalized spacial score (nSPS) is 11.8.